The second-order valence-electron chi connectivity index (χ2n) is 4.41. The molecule has 4 heteroatoms. The van der Waals surface area contributed by atoms with Crippen molar-refractivity contribution in [2.45, 2.75) is 25.7 Å². The maximum Gasteiger partial charge on any atom is 0.226 e. The lowest BCUT2D eigenvalue weighted by Gasteiger charge is -2.26. The number of allylic oxidation sites excluding steroid dienone is 2. The zero-order valence-electron chi connectivity index (χ0n) is 9.45. The number of carbonyl (C=O) groups is 2. The molecule has 16 heavy (non-hydrogen) atoms. The van der Waals surface area contributed by atoms with Crippen LogP contribution in [-0.4, -0.2) is 36.3 Å². The number of rotatable bonds is 1. The summed E-state index contributed by atoms with van der Waals surface area (Å²) in [5.41, 5.74) is 0. The quantitative estimate of drug-likeness (QED) is 0.664. The zero-order chi connectivity index (χ0) is 11.4. The maximum absolute atomic E-state index is 12.2. The summed E-state index contributed by atoms with van der Waals surface area (Å²) in [6.07, 6.45) is 7.48. The molecule has 1 unspecified atom stereocenters. The summed E-state index contributed by atoms with van der Waals surface area (Å²) in [7, 11) is 0. The minimum atomic E-state index is 0.0545. The number of nitrogens with zero attached hydrogens (tertiary/aromatic N) is 1. The van der Waals surface area contributed by atoms with Crippen molar-refractivity contribution < 1.29 is 9.59 Å². The molecule has 1 fully saturated rings. The number of hydrogen-bond acceptors (Lipinski definition) is 2. The van der Waals surface area contributed by atoms with Crippen molar-refractivity contribution in [1.82, 2.24) is 10.2 Å². The van der Waals surface area contributed by atoms with E-state index in [1.165, 1.54) is 0 Å². The van der Waals surface area contributed by atoms with E-state index in [1.54, 1.807) is 0 Å². The molecule has 0 saturated carbocycles. The third-order valence-electron chi connectivity index (χ3n) is 3.24. The fourth-order valence-electron chi connectivity index (χ4n) is 2.26. The van der Waals surface area contributed by atoms with Crippen molar-refractivity contribution in [3.8, 4) is 0 Å². The number of hydrogen-bond donors (Lipinski definition) is 1. The van der Waals surface area contributed by atoms with Crippen molar-refractivity contribution in [2.24, 2.45) is 5.92 Å². The Bertz CT molecular complexity index is 312. The van der Waals surface area contributed by atoms with E-state index in [0.717, 1.165) is 19.3 Å². The van der Waals surface area contributed by atoms with E-state index >= 15 is 0 Å². The Morgan fingerprint density at radius 1 is 1.38 bits per heavy atom. The minimum absolute atomic E-state index is 0.0545. The Morgan fingerprint density at radius 3 is 3.00 bits per heavy atom. The molecule has 0 radical (unpaired) electrons. The molecule has 0 aromatic heterocycles. The van der Waals surface area contributed by atoms with E-state index in [-0.39, 0.29) is 17.7 Å². The van der Waals surface area contributed by atoms with Crippen molar-refractivity contribution >= 4 is 11.8 Å². The summed E-state index contributed by atoms with van der Waals surface area (Å²) in [6, 6.07) is 0. The average molecular weight is 222 g/mol. The van der Waals surface area contributed by atoms with Crippen LogP contribution in [0.1, 0.15) is 25.7 Å². The van der Waals surface area contributed by atoms with E-state index in [9.17, 15) is 9.59 Å². The summed E-state index contributed by atoms with van der Waals surface area (Å²) in [5, 5.41) is 2.79. The molecule has 1 aliphatic carbocycles. The summed E-state index contributed by atoms with van der Waals surface area (Å²) >= 11 is 0. The molecular weight excluding hydrogens is 204 g/mol. The van der Waals surface area contributed by atoms with Crippen LogP contribution in [0.3, 0.4) is 0 Å². The van der Waals surface area contributed by atoms with Gasteiger partial charge in [0.25, 0.3) is 0 Å². The normalized spacial score (nSPS) is 26.1. The van der Waals surface area contributed by atoms with Crippen LogP contribution >= 0.6 is 0 Å². The Labute approximate surface area is 95.7 Å². The first-order valence-electron chi connectivity index (χ1n) is 5.98. The van der Waals surface area contributed by atoms with Gasteiger partial charge < -0.3 is 10.2 Å². The molecule has 1 heterocycles. The van der Waals surface area contributed by atoms with Crippen molar-refractivity contribution in [2.75, 3.05) is 19.6 Å². The third kappa shape index (κ3) is 2.62. The van der Waals surface area contributed by atoms with Gasteiger partial charge in [0.2, 0.25) is 11.8 Å². The summed E-state index contributed by atoms with van der Waals surface area (Å²) in [4.78, 5) is 25.2. The Hall–Kier alpha value is -1.32. The van der Waals surface area contributed by atoms with Crippen LogP contribution in [0.5, 0.6) is 0 Å². The highest BCUT2D eigenvalue weighted by molar-refractivity contribution is 5.81. The van der Waals surface area contributed by atoms with Gasteiger partial charge >= 0.3 is 0 Å². The van der Waals surface area contributed by atoms with Crippen LogP contribution in [-0.2, 0) is 9.59 Å². The van der Waals surface area contributed by atoms with Crippen LogP contribution in [0.4, 0.5) is 0 Å². The van der Waals surface area contributed by atoms with Gasteiger partial charge in [-0.25, -0.2) is 0 Å². The highest BCUT2D eigenvalue weighted by Crippen LogP contribution is 2.20. The summed E-state index contributed by atoms with van der Waals surface area (Å²) in [6.45, 7) is 1.82. The van der Waals surface area contributed by atoms with Crippen LogP contribution in [0.2, 0.25) is 0 Å². The van der Waals surface area contributed by atoms with E-state index in [0.29, 0.717) is 26.1 Å². The van der Waals surface area contributed by atoms with E-state index < -0.39 is 0 Å². The number of amides is 2. The Kier molecular flexibility index (Phi) is 3.59. The van der Waals surface area contributed by atoms with Gasteiger partial charge in [-0.3, -0.25) is 9.59 Å². The first-order valence-corrected chi connectivity index (χ1v) is 5.98. The Balaban J connectivity index is 1.92. The average Bonchev–Trinajstić information content (AvgIpc) is 2.54. The smallest absolute Gasteiger partial charge is 0.226 e. The topological polar surface area (TPSA) is 49.4 Å². The van der Waals surface area contributed by atoms with Gasteiger partial charge in [-0.05, 0) is 19.3 Å². The largest absolute Gasteiger partial charge is 0.354 e. The molecule has 1 aliphatic heterocycles. The molecule has 0 bridgehead atoms. The zero-order valence-corrected chi connectivity index (χ0v) is 9.45. The molecule has 2 rings (SSSR count). The molecule has 1 atom stereocenters. The van der Waals surface area contributed by atoms with Crippen LogP contribution in [0.15, 0.2) is 12.2 Å². The van der Waals surface area contributed by atoms with E-state index in [2.05, 4.69) is 17.5 Å². The highest BCUT2D eigenvalue weighted by atomic mass is 16.2. The van der Waals surface area contributed by atoms with Crippen LogP contribution < -0.4 is 5.32 Å². The second-order valence-corrected chi connectivity index (χ2v) is 4.41. The Morgan fingerprint density at radius 2 is 2.25 bits per heavy atom. The van der Waals surface area contributed by atoms with Gasteiger partial charge in [-0.1, -0.05) is 12.2 Å². The fourth-order valence-corrected chi connectivity index (χ4v) is 2.26. The van der Waals surface area contributed by atoms with Gasteiger partial charge in [-0.15, -0.1) is 0 Å². The summed E-state index contributed by atoms with van der Waals surface area (Å²) < 4.78 is 0. The van der Waals surface area contributed by atoms with E-state index in [4.69, 9.17) is 0 Å². The third-order valence-corrected chi connectivity index (χ3v) is 3.24. The van der Waals surface area contributed by atoms with Gasteiger partial charge in [0.1, 0.15) is 0 Å². The lowest BCUT2D eigenvalue weighted by molar-refractivity contribution is -0.135. The molecule has 0 spiro atoms. The number of carbonyl (C=O) groups excluding carboxylic acids is 2. The molecule has 0 aromatic carbocycles. The number of nitrogens with one attached hydrogen (secondary N) is 1. The lowest BCUT2D eigenvalue weighted by Crippen LogP contribution is -2.38. The second kappa shape index (κ2) is 5.14. The first-order chi connectivity index (χ1) is 7.77. The highest BCUT2D eigenvalue weighted by Gasteiger charge is 2.25. The maximum atomic E-state index is 12.2. The van der Waals surface area contributed by atoms with Crippen molar-refractivity contribution in [1.29, 1.82) is 0 Å². The molecule has 1 saturated heterocycles. The predicted octanol–water partition coefficient (Wildman–Crippen LogP) is 0.691. The predicted molar refractivity (Wildman–Crippen MR) is 60.7 cm³/mol. The van der Waals surface area contributed by atoms with Crippen molar-refractivity contribution in [3.05, 3.63) is 12.2 Å². The van der Waals surface area contributed by atoms with Gasteiger partial charge in [0.05, 0.1) is 0 Å². The van der Waals surface area contributed by atoms with E-state index in [1.807, 2.05) is 4.90 Å². The first kappa shape index (κ1) is 11.2. The van der Waals surface area contributed by atoms with Crippen LogP contribution in [0.25, 0.3) is 0 Å². The standard InChI is InChI=1S/C12H18N2O2/c15-11-6-8-14(9-7-13-11)12(16)10-4-2-1-3-5-10/h1-2,10H,3-9H2,(H,13,15). The van der Waals surface area contributed by atoms with Crippen LogP contribution in [0, 0.1) is 5.92 Å². The molecule has 1 N–H and O–H groups in total. The summed E-state index contributed by atoms with van der Waals surface area (Å²) in [5.74, 6) is 0.415. The monoisotopic (exact) mass is 222 g/mol. The SMILES string of the molecule is O=C1CCN(C(=O)C2CC=CCC2)CCN1. The molecule has 4 nitrogen and oxygen atoms in total. The molecule has 2 amide bonds. The molecular formula is C12H18N2O2. The molecule has 0 aromatic rings. The minimum Gasteiger partial charge on any atom is -0.354 e. The van der Waals surface area contributed by atoms with Gasteiger partial charge in [0, 0.05) is 32.0 Å². The van der Waals surface area contributed by atoms with Gasteiger partial charge in [-0.2, -0.15) is 0 Å². The molecule has 2 aliphatic rings. The fraction of sp³-hybridized carbons (Fsp3) is 0.667. The lowest BCUT2D eigenvalue weighted by atomic mass is 9.93. The van der Waals surface area contributed by atoms with Gasteiger partial charge in [0.15, 0.2) is 0 Å². The molecule has 88 valence electrons. The van der Waals surface area contributed by atoms with Crippen molar-refractivity contribution in [3.63, 3.8) is 0 Å².